The Morgan fingerprint density at radius 1 is 0.976 bits per heavy atom. The van der Waals surface area contributed by atoms with Crippen LogP contribution < -0.4 is 14.8 Å². The molecule has 0 unspecified atom stereocenters. The van der Waals surface area contributed by atoms with E-state index in [0.29, 0.717) is 32.8 Å². The van der Waals surface area contributed by atoms with Gasteiger partial charge in [-0.25, -0.2) is 0 Å². The monoisotopic (exact) mass is 651 g/mol. The van der Waals surface area contributed by atoms with Crippen LogP contribution in [0.1, 0.15) is 16.7 Å². The van der Waals surface area contributed by atoms with Crippen LogP contribution in [-0.4, -0.2) is 10.8 Å². The van der Waals surface area contributed by atoms with Crippen LogP contribution in [0.4, 0.5) is 11.4 Å². The van der Waals surface area contributed by atoms with Gasteiger partial charge in [0, 0.05) is 43.5 Å². The molecular formula is C30H20BrCl2N3O5. The number of nitro benzene ring substituents is 1. The van der Waals surface area contributed by atoms with Gasteiger partial charge in [0.2, 0.25) is 0 Å². The van der Waals surface area contributed by atoms with Crippen molar-refractivity contribution >= 4 is 62.5 Å². The average molecular weight is 653 g/mol. The van der Waals surface area contributed by atoms with E-state index in [1.165, 1.54) is 18.2 Å². The van der Waals surface area contributed by atoms with Gasteiger partial charge in [-0.2, -0.15) is 5.26 Å². The molecule has 0 bridgehead atoms. The number of amides is 1. The van der Waals surface area contributed by atoms with Gasteiger partial charge in [-0.05, 0) is 78.4 Å². The van der Waals surface area contributed by atoms with Crippen molar-refractivity contribution in [3.05, 3.63) is 132 Å². The quantitative estimate of drug-likeness (QED) is 0.0797. The Labute approximate surface area is 254 Å². The molecule has 0 aliphatic carbocycles. The van der Waals surface area contributed by atoms with E-state index in [1.807, 2.05) is 6.07 Å². The number of nitrogens with one attached hydrogen (secondary N) is 1. The molecule has 41 heavy (non-hydrogen) atoms. The molecule has 4 aromatic carbocycles. The molecule has 1 amide bonds. The molecule has 0 heterocycles. The fourth-order valence-electron chi connectivity index (χ4n) is 3.58. The Kier molecular flexibility index (Phi) is 9.98. The third kappa shape index (κ3) is 8.32. The van der Waals surface area contributed by atoms with E-state index < -0.39 is 10.8 Å². The lowest BCUT2D eigenvalue weighted by molar-refractivity contribution is -0.384. The van der Waals surface area contributed by atoms with Gasteiger partial charge in [-0.15, -0.1) is 0 Å². The van der Waals surface area contributed by atoms with Crippen LogP contribution in [0, 0.1) is 21.4 Å². The van der Waals surface area contributed by atoms with Crippen LogP contribution in [0.25, 0.3) is 6.08 Å². The van der Waals surface area contributed by atoms with Crippen molar-refractivity contribution in [1.82, 2.24) is 0 Å². The highest BCUT2D eigenvalue weighted by Gasteiger charge is 2.13. The first-order valence-electron chi connectivity index (χ1n) is 12.0. The van der Waals surface area contributed by atoms with E-state index in [-0.39, 0.29) is 24.5 Å². The summed E-state index contributed by atoms with van der Waals surface area (Å²) in [5.41, 5.74) is 2.31. The van der Waals surface area contributed by atoms with E-state index in [9.17, 15) is 20.2 Å². The molecule has 4 aromatic rings. The minimum atomic E-state index is -0.601. The highest BCUT2D eigenvalue weighted by molar-refractivity contribution is 9.10. The average Bonchev–Trinajstić information content (AvgIpc) is 2.96. The number of benzene rings is 4. The lowest BCUT2D eigenvalue weighted by Gasteiger charge is -2.11. The third-order valence-corrected chi connectivity index (χ3v) is 6.78. The van der Waals surface area contributed by atoms with Crippen molar-refractivity contribution in [1.29, 1.82) is 5.26 Å². The molecule has 206 valence electrons. The number of nitro groups is 1. The number of ether oxygens (including phenoxy) is 2. The van der Waals surface area contributed by atoms with Gasteiger partial charge in [0.15, 0.2) is 0 Å². The molecule has 0 aliphatic rings. The second-order valence-electron chi connectivity index (χ2n) is 8.57. The van der Waals surface area contributed by atoms with Crippen molar-refractivity contribution in [2.75, 3.05) is 5.32 Å². The van der Waals surface area contributed by atoms with E-state index in [1.54, 1.807) is 72.8 Å². The van der Waals surface area contributed by atoms with Crippen LogP contribution >= 0.6 is 39.1 Å². The smallest absolute Gasteiger partial charge is 0.269 e. The second-order valence-corrected chi connectivity index (χ2v) is 10.3. The van der Waals surface area contributed by atoms with E-state index in [4.69, 9.17) is 32.7 Å². The zero-order chi connectivity index (χ0) is 29.4. The van der Waals surface area contributed by atoms with Gasteiger partial charge in [0.1, 0.15) is 36.4 Å². The van der Waals surface area contributed by atoms with E-state index in [2.05, 4.69) is 21.2 Å². The standard InChI is InChI=1S/C30H20BrCl2N3O5/c31-23-4-12-29(41-17-19-1-8-26(9-2-19)36(38)39)21(14-23)13-22(16-34)30(37)35-25-6-10-27(11-7-25)40-18-20-3-5-24(32)15-28(20)33/h1-15H,17-18H2,(H,35,37)/b22-13+. The number of halogens is 3. The second kappa shape index (κ2) is 13.8. The van der Waals surface area contributed by atoms with Gasteiger partial charge < -0.3 is 14.8 Å². The number of nitriles is 1. The Morgan fingerprint density at radius 2 is 1.71 bits per heavy atom. The first-order chi connectivity index (χ1) is 19.7. The largest absolute Gasteiger partial charge is 0.489 e. The number of carbonyl (C=O) groups is 1. The number of carbonyl (C=O) groups excluding carboxylic acids is 1. The maximum Gasteiger partial charge on any atom is 0.269 e. The van der Waals surface area contributed by atoms with Crippen molar-refractivity contribution < 1.29 is 19.2 Å². The van der Waals surface area contributed by atoms with E-state index >= 15 is 0 Å². The molecule has 0 aromatic heterocycles. The van der Waals surface area contributed by atoms with Crippen LogP contribution in [-0.2, 0) is 18.0 Å². The van der Waals surface area contributed by atoms with Crippen molar-refractivity contribution in [2.45, 2.75) is 13.2 Å². The zero-order valence-corrected chi connectivity index (χ0v) is 24.2. The third-order valence-electron chi connectivity index (χ3n) is 5.70. The summed E-state index contributed by atoms with van der Waals surface area (Å²) in [5.74, 6) is 0.388. The summed E-state index contributed by atoms with van der Waals surface area (Å²) in [6.45, 7) is 0.372. The maximum atomic E-state index is 12.9. The topological polar surface area (TPSA) is 114 Å². The summed E-state index contributed by atoms with van der Waals surface area (Å²) in [6.07, 6.45) is 1.43. The number of non-ortho nitro benzene ring substituents is 1. The zero-order valence-electron chi connectivity index (χ0n) is 21.1. The summed E-state index contributed by atoms with van der Waals surface area (Å²) >= 11 is 15.5. The first-order valence-corrected chi connectivity index (χ1v) is 13.5. The van der Waals surface area contributed by atoms with Crippen LogP contribution in [0.15, 0.2) is 95.0 Å². The molecule has 0 saturated heterocycles. The molecule has 8 nitrogen and oxygen atoms in total. The Hall–Kier alpha value is -4.36. The summed E-state index contributed by atoms with van der Waals surface area (Å²) in [5, 5.41) is 24.3. The number of anilines is 1. The molecule has 0 spiro atoms. The van der Waals surface area contributed by atoms with Gasteiger partial charge in [0.05, 0.1) is 4.92 Å². The van der Waals surface area contributed by atoms with Gasteiger partial charge in [0.25, 0.3) is 11.6 Å². The molecular weight excluding hydrogens is 633 g/mol. The highest BCUT2D eigenvalue weighted by Crippen LogP contribution is 2.28. The minimum absolute atomic E-state index is 0.0179. The number of nitrogens with zero attached hydrogens (tertiary/aromatic N) is 2. The van der Waals surface area contributed by atoms with Crippen LogP contribution in [0.2, 0.25) is 10.0 Å². The Balaban J connectivity index is 1.42. The molecule has 0 radical (unpaired) electrons. The minimum Gasteiger partial charge on any atom is -0.489 e. The van der Waals surface area contributed by atoms with Gasteiger partial charge in [-0.1, -0.05) is 45.2 Å². The van der Waals surface area contributed by atoms with Gasteiger partial charge >= 0.3 is 0 Å². The summed E-state index contributed by atoms with van der Waals surface area (Å²) in [7, 11) is 0. The number of hydrogen-bond acceptors (Lipinski definition) is 6. The van der Waals surface area contributed by atoms with Crippen LogP contribution in [0.5, 0.6) is 11.5 Å². The fourth-order valence-corrected chi connectivity index (χ4v) is 4.42. The molecule has 4 rings (SSSR count). The predicted octanol–water partition coefficient (Wildman–Crippen LogP) is 8.37. The summed E-state index contributed by atoms with van der Waals surface area (Å²) in [4.78, 5) is 23.3. The Bertz CT molecular complexity index is 1650. The van der Waals surface area contributed by atoms with Crippen LogP contribution in [0.3, 0.4) is 0 Å². The molecule has 1 N–H and O–H groups in total. The first kappa shape index (κ1) is 29.6. The molecule has 0 aliphatic heterocycles. The maximum absolute atomic E-state index is 12.9. The number of hydrogen-bond donors (Lipinski definition) is 1. The summed E-state index contributed by atoms with van der Waals surface area (Å²) < 4.78 is 12.4. The normalized spacial score (nSPS) is 10.9. The lowest BCUT2D eigenvalue weighted by atomic mass is 10.1. The molecule has 0 fully saturated rings. The number of rotatable bonds is 10. The molecule has 0 saturated carbocycles. The van der Waals surface area contributed by atoms with E-state index in [0.717, 1.165) is 15.6 Å². The van der Waals surface area contributed by atoms with Gasteiger partial charge in [-0.3, -0.25) is 14.9 Å². The molecule has 0 atom stereocenters. The van der Waals surface area contributed by atoms with Crippen molar-refractivity contribution in [3.63, 3.8) is 0 Å². The Morgan fingerprint density at radius 3 is 2.37 bits per heavy atom. The van der Waals surface area contributed by atoms with Crippen molar-refractivity contribution in [3.8, 4) is 17.6 Å². The lowest BCUT2D eigenvalue weighted by Crippen LogP contribution is -2.13. The molecule has 11 heteroatoms. The SMILES string of the molecule is N#C/C(=C\c1cc(Br)ccc1OCc1ccc([N+](=O)[O-])cc1)C(=O)Nc1ccc(OCc2ccc(Cl)cc2Cl)cc1. The fraction of sp³-hybridized carbons (Fsp3) is 0.0667. The predicted molar refractivity (Wildman–Crippen MR) is 161 cm³/mol. The summed E-state index contributed by atoms with van der Waals surface area (Å²) in [6, 6.07) is 25.0. The highest BCUT2D eigenvalue weighted by atomic mass is 79.9. The van der Waals surface area contributed by atoms with Crippen molar-refractivity contribution in [2.24, 2.45) is 0 Å².